The number of anilines is 1. The van der Waals surface area contributed by atoms with Crippen LogP contribution in [0.25, 0.3) is 0 Å². The number of ether oxygens (including phenoxy) is 1. The van der Waals surface area contributed by atoms with Gasteiger partial charge in [-0.2, -0.15) is 0 Å². The molecule has 0 aromatic heterocycles. The quantitative estimate of drug-likeness (QED) is 0.179. The largest absolute Gasteiger partial charge is 0.477 e. The zero-order valence-electron chi connectivity index (χ0n) is 24.1. The molecule has 0 saturated carbocycles. The maximum Gasteiger partial charge on any atom is 0.287 e. The van der Waals surface area contributed by atoms with Gasteiger partial charge in [0.05, 0.1) is 18.1 Å². The van der Waals surface area contributed by atoms with Crippen LogP contribution >= 0.6 is 35.4 Å². The molecule has 11 heteroatoms. The fraction of sp³-hybridized carbons (Fsp3) is 0.344. The van der Waals surface area contributed by atoms with E-state index in [-0.39, 0.29) is 12.3 Å². The lowest BCUT2D eigenvalue weighted by molar-refractivity contribution is -0.148. The van der Waals surface area contributed by atoms with E-state index in [0.29, 0.717) is 56.0 Å². The van der Waals surface area contributed by atoms with Crippen LogP contribution in [0, 0.1) is 12.7 Å². The highest BCUT2D eigenvalue weighted by Gasteiger charge is 2.61. The molecule has 0 bridgehead atoms. The number of nitrogens with one attached hydrogen (secondary N) is 3. The van der Waals surface area contributed by atoms with E-state index in [1.165, 1.54) is 19.2 Å². The number of thiocarbonyl (C=S) groups is 1. The highest BCUT2D eigenvalue weighted by Crippen LogP contribution is 2.59. The van der Waals surface area contributed by atoms with Gasteiger partial charge < -0.3 is 15.4 Å². The molecule has 2 amide bonds. The summed E-state index contributed by atoms with van der Waals surface area (Å²) in [6.07, 6.45) is 0.925. The van der Waals surface area contributed by atoms with Crippen molar-refractivity contribution in [2.45, 2.75) is 63.0 Å². The number of halogens is 3. The summed E-state index contributed by atoms with van der Waals surface area (Å²) in [5.74, 6) is -1.45. The third-order valence-electron chi connectivity index (χ3n) is 8.71. The lowest BCUT2D eigenvalue weighted by atomic mass is 9.59. The van der Waals surface area contributed by atoms with Gasteiger partial charge >= 0.3 is 0 Å². The molecule has 2 aliphatic rings. The number of amides is 2. The van der Waals surface area contributed by atoms with Crippen LogP contribution in [-0.4, -0.2) is 29.5 Å². The van der Waals surface area contributed by atoms with Gasteiger partial charge in [-0.05, 0) is 78.9 Å². The highest BCUT2D eigenvalue weighted by molar-refractivity contribution is 7.80. The van der Waals surface area contributed by atoms with E-state index < -0.39 is 34.7 Å². The summed E-state index contributed by atoms with van der Waals surface area (Å²) in [4.78, 5) is 33.1. The first-order chi connectivity index (χ1) is 20.5. The van der Waals surface area contributed by atoms with Gasteiger partial charge in [0.2, 0.25) is 5.91 Å². The van der Waals surface area contributed by atoms with Gasteiger partial charge in [-0.3, -0.25) is 14.4 Å². The van der Waals surface area contributed by atoms with E-state index in [9.17, 15) is 14.0 Å². The Morgan fingerprint density at radius 1 is 1.09 bits per heavy atom. The van der Waals surface area contributed by atoms with Crippen molar-refractivity contribution in [3.05, 3.63) is 92.7 Å². The van der Waals surface area contributed by atoms with Gasteiger partial charge in [0.15, 0.2) is 5.60 Å². The Kier molecular flexibility index (Phi) is 8.73. The maximum absolute atomic E-state index is 14.8. The molecular weight excluding hydrogens is 612 g/mol. The highest BCUT2D eigenvalue weighted by atomic mass is 35.5. The smallest absolute Gasteiger partial charge is 0.287 e. The fourth-order valence-electron chi connectivity index (χ4n) is 6.49. The van der Waals surface area contributed by atoms with Gasteiger partial charge in [0.25, 0.3) is 5.91 Å². The first kappa shape index (κ1) is 31.2. The molecule has 5 rings (SSSR count). The Morgan fingerprint density at radius 2 is 1.79 bits per heavy atom. The van der Waals surface area contributed by atoms with Crippen molar-refractivity contribution in [3.8, 4) is 5.75 Å². The molecule has 2 heterocycles. The number of fused-ring (bicyclic) bond motifs is 2. The van der Waals surface area contributed by atoms with Crippen molar-refractivity contribution in [2.24, 2.45) is 0 Å². The molecule has 0 aliphatic carbocycles. The maximum atomic E-state index is 14.8. The molecule has 1 saturated heterocycles. The Morgan fingerprint density at radius 3 is 2.49 bits per heavy atom. The molecule has 2 aliphatic heterocycles. The van der Waals surface area contributed by atoms with Crippen LogP contribution in [0.3, 0.4) is 0 Å². The van der Waals surface area contributed by atoms with Crippen LogP contribution in [0.5, 0.6) is 5.75 Å². The van der Waals surface area contributed by atoms with E-state index in [1.54, 1.807) is 36.4 Å². The summed E-state index contributed by atoms with van der Waals surface area (Å²) in [6, 6.07) is 14.1. The number of carbonyl (C=O) groups is 2. The Hall–Kier alpha value is -3.24. The summed E-state index contributed by atoms with van der Waals surface area (Å²) < 4.78 is 21.4. The second-order valence-electron chi connectivity index (χ2n) is 10.9. The van der Waals surface area contributed by atoms with Crippen molar-refractivity contribution < 1.29 is 23.6 Å². The molecule has 1 spiro atoms. The van der Waals surface area contributed by atoms with Crippen LogP contribution < -0.4 is 20.9 Å². The summed E-state index contributed by atoms with van der Waals surface area (Å²) in [7, 11) is 1.36. The second kappa shape index (κ2) is 12.0. The molecule has 3 N–H and O–H groups in total. The average molecular weight is 645 g/mol. The molecule has 0 radical (unpaired) electrons. The van der Waals surface area contributed by atoms with E-state index >= 15 is 0 Å². The number of hydroxylamine groups is 1. The Bertz CT molecular complexity index is 1620. The molecular formula is C32H32Cl2FN3O4S. The Labute approximate surface area is 265 Å². The number of benzene rings is 3. The Balaban J connectivity index is 1.79. The van der Waals surface area contributed by atoms with E-state index in [1.807, 2.05) is 26.8 Å². The summed E-state index contributed by atoms with van der Waals surface area (Å²) >= 11 is 18.8. The van der Waals surface area contributed by atoms with Gasteiger partial charge in [0.1, 0.15) is 17.0 Å². The van der Waals surface area contributed by atoms with Gasteiger partial charge in [-0.15, -0.1) is 0 Å². The predicted molar refractivity (Wildman–Crippen MR) is 169 cm³/mol. The minimum Gasteiger partial charge on any atom is -0.477 e. The number of aryl methyl sites for hydroxylation is 1. The first-order valence-corrected chi connectivity index (χ1v) is 15.2. The SMILES string of the molecule is CCC(CC)(Oc1ccc(Cl)cc1[C@H]1CC(=S)N[C@@H](c2cc(F)ccc2C)[C@]12C(=O)Nc1cc(Cl)ccc12)C(=O)NOC. The van der Waals surface area contributed by atoms with Crippen LogP contribution in [0.4, 0.5) is 10.1 Å². The number of hydrogen-bond donors (Lipinski definition) is 3. The van der Waals surface area contributed by atoms with E-state index in [4.69, 9.17) is 45.0 Å². The standard InChI is InChI=1S/C32H32Cl2FN3O4S/c1-5-31(6-2,29(39)38-41-4)42-26-12-9-18(33)13-22(26)24-16-27(43)37-28(21-15-20(35)10-7-17(21)3)32(24)23-11-8-19(34)14-25(23)36-30(32)40/h7-15,24,28H,5-6,16H2,1-4H3,(H,36,40)(H,37,43)(H,38,39)/t24-,28+,32-/m1/s1. The van der Waals surface area contributed by atoms with Crippen molar-refractivity contribution in [1.82, 2.24) is 10.8 Å². The monoisotopic (exact) mass is 643 g/mol. The third kappa shape index (κ3) is 5.26. The van der Waals surface area contributed by atoms with Crippen LogP contribution in [0.1, 0.15) is 67.3 Å². The molecule has 7 nitrogen and oxygen atoms in total. The molecule has 1 fully saturated rings. The van der Waals surface area contributed by atoms with Crippen LogP contribution in [0.2, 0.25) is 10.0 Å². The average Bonchev–Trinajstić information content (AvgIpc) is 3.25. The molecule has 0 unspecified atom stereocenters. The van der Waals surface area contributed by atoms with Crippen molar-refractivity contribution in [3.63, 3.8) is 0 Å². The molecule has 3 aromatic carbocycles. The van der Waals surface area contributed by atoms with Crippen LogP contribution in [0.15, 0.2) is 54.6 Å². The number of piperidine rings is 1. The lowest BCUT2D eigenvalue weighted by Crippen LogP contribution is -2.57. The van der Waals surface area contributed by atoms with Gasteiger partial charge in [-0.1, -0.05) is 61.4 Å². The lowest BCUT2D eigenvalue weighted by Gasteiger charge is -2.48. The summed E-state index contributed by atoms with van der Waals surface area (Å²) in [5.41, 5.74) is 2.99. The van der Waals surface area contributed by atoms with Crippen molar-refractivity contribution in [1.29, 1.82) is 0 Å². The van der Waals surface area contributed by atoms with Gasteiger partial charge in [0, 0.05) is 33.6 Å². The summed E-state index contributed by atoms with van der Waals surface area (Å²) in [5, 5.41) is 7.27. The molecule has 226 valence electrons. The number of hydrogen-bond acceptors (Lipinski definition) is 5. The second-order valence-corrected chi connectivity index (χ2v) is 12.3. The van der Waals surface area contributed by atoms with E-state index in [2.05, 4.69) is 16.1 Å². The van der Waals surface area contributed by atoms with Crippen LogP contribution in [-0.2, 0) is 19.8 Å². The summed E-state index contributed by atoms with van der Waals surface area (Å²) in [6.45, 7) is 5.57. The van der Waals surface area contributed by atoms with Crippen molar-refractivity contribution >= 4 is 57.9 Å². The first-order valence-electron chi connectivity index (χ1n) is 14.0. The number of carbonyl (C=O) groups excluding carboxylic acids is 2. The number of rotatable bonds is 8. The molecule has 43 heavy (non-hydrogen) atoms. The molecule has 3 atom stereocenters. The molecule has 3 aromatic rings. The minimum absolute atomic E-state index is 0.252. The predicted octanol–water partition coefficient (Wildman–Crippen LogP) is 7.09. The topological polar surface area (TPSA) is 88.7 Å². The third-order valence-corrected chi connectivity index (χ3v) is 9.46. The normalized spacial score (nSPS) is 21.3. The van der Waals surface area contributed by atoms with E-state index in [0.717, 1.165) is 5.56 Å². The fourth-order valence-corrected chi connectivity index (χ4v) is 7.12. The van der Waals surface area contributed by atoms with Crippen molar-refractivity contribution in [2.75, 3.05) is 12.4 Å². The zero-order chi connectivity index (χ0) is 31.1. The van der Waals surface area contributed by atoms with Gasteiger partial charge in [-0.25, -0.2) is 9.87 Å². The minimum atomic E-state index is -1.33. The zero-order valence-corrected chi connectivity index (χ0v) is 26.5.